The monoisotopic (exact) mass is 499 g/mol. The predicted molar refractivity (Wildman–Crippen MR) is 113 cm³/mol. The first kappa shape index (κ1) is 23.9. The van der Waals surface area contributed by atoms with Gasteiger partial charge in [-0.05, 0) is 42.3 Å². The van der Waals surface area contributed by atoms with Crippen molar-refractivity contribution in [2.24, 2.45) is 5.73 Å². The van der Waals surface area contributed by atoms with E-state index in [1.54, 1.807) is 0 Å². The summed E-state index contributed by atoms with van der Waals surface area (Å²) >= 11 is 0.963. The minimum atomic E-state index is -4.53. The van der Waals surface area contributed by atoms with Gasteiger partial charge in [-0.25, -0.2) is 19.5 Å². The molecular weight excluding hydrogens is 479 g/mol. The molecular formula is C20H20F3N5O5S. The molecule has 14 heteroatoms. The molecule has 1 fully saturated rings. The minimum absolute atomic E-state index is 0.000275. The topological polar surface area (TPSA) is 131 Å². The van der Waals surface area contributed by atoms with Gasteiger partial charge in [0.25, 0.3) is 0 Å². The number of primary amides is 1. The first-order valence-electron chi connectivity index (χ1n) is 10.0. The Morgan fingerprint density at radius 3 is 2.59 bits per heavy atom. The van der Waals surface area contributed by atoms with Crippen molar-refractivity contribution in [3.8, 4) is 5.88 Å². The Morgan fingerprint density at radius 1 is 1.26 bits per heavy atom. The number of benzene rings is 1. The smallest absolute Gasteiger partial charge is 0.416 e. The number of fused-ring (bicyclic) bond motifs is 1. The number of methoxy groups -OCH3 is 1. The van der Waals surface area contributed by atoms with Crippen molar-refractivity contribution < 1.29 is 37.3 Å². The van der Waals surface area contributed by atoms with Crippen LogP contribution in [-0.4, -0.2) is 57.9 Å². The number of ether oxygens (including phenoxy) is 2. The molecule has 3 amide bonds. The van der Waals surface area contributed by atoms with Crippen LogP contribution in [0.5, 0.6) is 5.88 Å². The average Bonchev–Trinajstić information content (AvgIpc) is 3.17. The summed E-state index contributed by atoms with van der Waals surface area (Å²) in [5.74, 6) is 0.0824. The maximum absolute atomic E-state index is 13.0. The van der Waals surface area contributed by atoms with Gasteiger partial charge in [-0.3, -0.25) is 0 Å². The van der Waals surface area contributed by atoms with E-state index in [2.05, 4.69) is 9.97 Å². The zero-order chi connectivity index (χ0) is 24.7. The highest BCUT2D eigenvalue weighted by Crippen LogP contribution is 2.46. The highest BCUT2D eigenvalue weighted by Gasteiger charge is 2.43. The van der Waals surface area contributed by atoms with Crippen LogP contribution in [0.4, 0.5) is 28.4 Å². The second kappa shape index (κ2) is 8.83. The number of anilines is 1. The quantitative estimate of drug-likeness (QED) is 0.617. The number of aromatic nitrogens is 2. The number of aliphatic hydroxyl groups is 1. The van der Waals surface area contributed by atoms with Gasteiger partial charge >= 0.3 is 18.3 Å². The second-order valence-electron chi connectivity index (χ2n) is 7.65. The molecule has 1 atom stereocenters. The molecule has 1 aromatic heterocycles. The van der Waals surface area contributed by atoms with Crippen LogP contribution in [0.25, 0.3) is 0 Å². The first-order valence-corrected chi connectivity index (χ1v) is 10.9. The molecule has 0 bridgehead atoms. The van der Waals surface area contributed by atoms with Gasteiger partial charge in [0.2, 0.25) is 11.4 Å². The van der Waals surface area contributed by atoms with E-state index < -0.39 is 35.0 Å². The molecule has 0 radical (unpaired) electrons. The van der Waals surface area contributed by atoms with Gasteiger partial charge in [-0.15, -0.1) is 0 Å². The van der Waals surface area contributed by atoms with Crippen LogP contribution < -0.4 is 15.4 Å². The predicted octanol–water partition coefficient (Wildman–Crippen LogP) is 2.90. The summed E-state index contributed by atoms with van der Waals surface area (Å²) in [5, 5.41) is 11.3. The highest BCUT2D eigenvalue weighted by molar-refractivity contribution is 8.00. The summed E-state index contributed by atoms with van der Waals surface area (Å²) < 4.78 is 49.8. The van der Waals surface area contributed by atoms with Crippen LogP contribution in [-0.2, 0) is 16.5 Å². The fourth-order valence-corrected chi connectivity index (χ4v) is 4.87. The number of likely N-dealkylation sites (tertiary alicyclic amines) is 1. The number of alkyl halides is 3. The van der Waals surface area contributed by atoms with Crippen LogP contribution >= 0.6 is 11.8 Å². The summed E-state index contributed by atoms with van der Waals surface area (Å²) in [7, 11) is 1.35. The highest BCUT2D eigenvalue weighted by atomic mass is 32.2. The van der Waals surface area contributed by atoms with Crippen LogP contribution in [0.1, 0.15) is 24.0 Å². The molecule has 0 spiro atoms. The van der Waals surface area contributed by atoms with Gasteiger partial charge in [0, 0.05) is 13.1 Å². The number of hydrogen-bond acceptors (Lipinski definition) is 8. The molecule has 0 saturated carbocycles. The number of hydrogen-bond donors (Lipinski definition) is 2. The fraction of sp³-hybridized carbons (Fsp3) is 0.400. The summed E-state index contributed by atoms with van der Waals surface area (Å²) in [5.41, 5.74) is 2.23. The molecule has 1 unspecified atom stereocenters. The van der Waals surface area contributed by atoms with Crippen molar-refractivity contribution in [2.45, 2.75) is 35.2 Å². The van der Waals surface area contributed by atoms with E-state index in [1.165, 1.54) is 30.5 Å². The Kier molecular flexibility index (Phi) is 6.20. The molecule has 2 aliphatic heterocycles. The van der Waals surface area contributed by atoms with Gasteiger partial charge in [-0.1, -0.05) is 12.1 Å². The summed E-state index contributed by atoms with van der Waals surface area (Å²) in [6.45, 7) is 0.0468. The third kappa shape index (κ3) is 4.42. The first-order chi connectivity index (χ1) is 16.0. The number of halogens is 3. The van der Waals surface area contributed by atoms with Crippen molar-refractivity contribution >= 4 is 29.6 Å². The Balaban J connectivity index is 1.44. The molecule has 1 aromatic carbocycles. The fourth-order valence-electron chi connectivity index (χ4n) is 3.83. The second-order valence-corrected chi connectivity index (χ2v) is 8.68. The van der Waals surface area contributed by atoms with Gasteiger partial charge < -0.3 is 25.2 Å². The van der Waals surface area contributed by atoms with E-state index in [9.17, 15) is 27.9 Å². The van der Waals surface area contributed by atoms with Crippen LogP contribution in [0.2, 0.25) is 0 Å². The number of amides is 3. The van der Waals surface area contributed by atoms with Crippen molar-refractivity contribution in [3.63, 3.8) is 0 Å². The lowest BCUT2D eigenvalue weighted by molar-refractivity contribution is -0.137. The lowest BCUT2D eigenvalue weighted by Crippen LogP contribution is -2.48. The minimum Gasteiger partial charge on any atom is -0.479 e. The summed E-state index contributed by atoms with van der Waals surface area (Å²) in [6.07, 6.45) is -4.09. The summed E-state index contributed by atoms with van der Waals surface area (Å²) in [4.78, 5) is 35.1. The van der Waals surface area contributed by atoms with Crippen LogP contribution in [0.15, 0.2) is 35.6 Å². The van der Waals surface area contributed by atoms with Gasteiger partial charge in [0.05, 0.1) is 18.3 Å². The standard InChI is InChI=1S/C20H20F3N5O5S/c1-32-14-13-15(26-10-25-14)34-18(28(13)16(24)29)33-17(30)27-7-5-19(31,6-8-27)11-3-2-4-12(9-11)20(21,22)23/h2-4,9-10,18,31H,5-8H2,1H3,(H2,24,29). The number of rotatable bonds is 3. The Bertz CT molecular complexity index is 1110. The molecule has 1 saturated heterocycles. The zero-order valence-electron chi connectivity index (χ0n) is 17.8. The van der Waals surface area contributed by atoms with E-state index in [0.29, 0.717) is 5.03 Å². The largest absolute Gasteiger partial charge is 0.479 e. The van der Waals surface area contributed by atoms with E-state index in [4.69, 9.17) is 15.2 Å². The number of carbonyl (C=O) groups is 2. The molecule has 182 valence electrons. The maximum atomic E-state index is 13.0. The van der Waals surface area contributed by atoms with E-state index in [-0.39, 0.29) is 43.1 Å². The summed E-state index contributed by atoms with van der Waals surface area (Å²) in [6, 6.07) is 3.60. The van der Waals surface area contributed by atoms with Gasteiger partial charge in [0.1, 0.15) is 17.0 Å². The lowest BCUT2D eigenvalue weighted by Gasteiger charge is -2.38. The normalized spacial score (nSPS) is 19.5. The third-order valence-corrected chi connectivity index (χ3v) is 6.66. The van der Waals surface area contributed by atoms with Crippen LogP contribution in [0, 0.1) is 0 Å². The molecule has 34 heavy (non-hydrogen) atoms. The molecule has 0 aliphatic carbocycles. The number of thioether (sulfide) groups is 1. The van der Waals surface area contributed by atoms with E-state index in [0.717, 1.165) is 28.8 Å². The van der Waals surface area contributed by atoms with Gasteiger partial charge in [-0.2, -0.15) is 18.2 Å². The molecule has 10 nitrogen and oxygen atoms in total. The molecule has 3 N–H and O–H groups in total. The van der Waals surface area contributed by atoms with E-state index in [1.807, 2.05) is 0 Å². The van der Waals surface area contributed by atoms with Gasteiger partial charge in [0.15, 0.2) is 0 Å². The number of nitrogens with zero attached hydrogens (tertiary/aromatic N) is 4. The number of urea groups is 1. The van der Waals surface area contributed by atoms with Crippen molar-refractivity contribution in [1.29, 1.82) is 0 Å². The van der Waals surface area contributed by atoms with Crippen molar-refractivity contribution in [1.82, 2.24) is 14.9 Å². The Hall–Kier alpha value is -3.26. The van der Waals surface area contributed by atoms with Crippen LogP contribution in [0.3, 0.4) is 0 Å². The van der Waals surface area contributed by atoms with E-state index >= 15 is 0 Å². The third-order valence-electron chi connectivity index (χ3n) is 5.63. The number of carbonyl (C=O) groups excluding carboxylic acids is 2. The molecule has 2 aliphatic rings. The average molecular weight is 499 g/mol. The molecule has 3 heterocycles. The van der Waals surface area contributed by atoms with Crippen molar-refractivity contribution in [2.75, 3.05) is 25.1 Å². The SMILES string of the molecule is COc1ncnc2c1N(C(N)=O)C(OC(=O)N1CCC(O)(c3cccc(C(F)(F)F)c3)CC1)S2. The van der Waals surface area contributed by atoms with Crippen molar-refractivity contribution in [3.05, 3.63) is 41.7 Å². The number of piperidine rings is 1. The Labute approximate surface area is 195 Å². The number of nitrogens with two attached hydrogens (primary N) is 1. The zero-order valence-corrected chi connectivity index (χ0v) is 18.6. The molecule has 4 rings (SSSR count). The lowest BCUT2D eigenvalue weighted by atomic mass is 9.84. The molecule has 2 aromatic rings. The Morgan fingerprint density at radius 2 is 1.97 bits per heavy atom. The maximum Gasteiger partial charge on any atom is 0.416 e.